The fourth-order valence-electron chi connectivity index (χ4n) is 2.98. The second-order valence-corrected chi connectivity index (χ2v) is 9.29. The number of hydrogen-bond donors (Lipinski definition) is 1. The molecule has 2 fully saturated rings. The molecular weight excluding hydrogens is 372 g/mol. The van der Waals surface area contributed by atoms with Crippen molar-refractivity contribution >= 4 is 38.4 Å². The third-order valence-electron chi connectivity index (χ3n) is 4.11. The number of nitrogens with one attached hydrogen (secondary N) is 1. The average Bonchev–Trinajstić information content (AvgIpc) is 3.07. The van der Waals surface area contributed by atoms with E-state index in [-0.39, 0.29) is 28.4 Å². The highest BCUT2D eigenvalue weighted by molar-refractivity contribution is 8.16. The van der Waals surface area contributed by atoms with E-state index in [1.807, 2.05) is 41.3 Å². The summed E-state index contributed by atoms with van der Waals surface area (Å²) in [7, 11) is -3.08. The van der Waals surface area contributed by atoms with Crippen molar-refractivity contribution in [1.29, 1.82) is 5.26 Å². The summed E-state index contributed by atoms with van der Waals surface area (Å²) in [6.45, 7) is 2.19. The van der Waals surface area contributed by atoms with Crippen molar-refractivity contribution in [2.24, 2.45) is 4.99 Å². The zero-order valence-electron chi connectivity index (χ0n) is 14.1. The van der Waals surface area contributed by atoms with E-state index < -0.39 is 15.7 Å². The number of benzene rings is 1. The predicted octanol–water partition coefficient (Wildman–Crippen LogP) is 1.30. The molecule has 0 spiro atoms. The molecular formula is C17H18N4O3S2. The Hall–Kier alpha value is -2.31. The second-order valence-electron chi connectivity index (χ2n) is 5.93. The standard InChI is InChI=1S/C17H18N4O3S2/c1-2-19-16(22)12(8-18)9-20-17-21(13-6-4-3-5-7-13)14-10-26(23,24)11-15(14)25-17/h3-7,9,14-15H,2,10-11H2,1H3,(H,19,22)/b12-9+,20-17?/t14-,15+/m0/s1. The summed E-state index contributed by atoms with van der Waals surface area (Å²) >= 11 is 1.38. The summed E-state index contributed by atoms with van der Waals surface area (Å²) in [5.41, 5.74) is 0.755. The number of amidine groups is 1. The molecule has 2 saturated heterocycles. The van der Waals surface area contributed by atoms with Crippen LogP contribution < -0.4 is 10.2 Å². The highest BCUT2D eigenvalue weighted by atomic mass is 32.2. The molecule has 1 amide bonds. The number of nitriles is 1. The normalized spacial score (nSPS) is 25.8. The number of amides is 1. The molecule has 2 aliphatic heterocycles. The van der Waals surface area contributed by atoms with Gasteiger partial charge >= 0.3 is 0 Å². The Morgan fingerprint density at radius 3 is 2.81 bits per heavy atom. The number of rotatable bonds is 4. The van der Waals surface area contributed by atoms with Gasteiger partial charge in [-0.3, -0.25) is 4.79 Å². The van der Waals surface area contributed by atoms with Crippen LogP contribution in [0.1, 0.15) is 6.92 Å². The number of likely N-dealkylation sites (N-methyl/N-ethyl adjacent to an activating group) is 1. The Morgan fingerprint density at radius 2 is 2.15 bits per heavy atom. The molecule has 0 bridgehead atoms. The number of sulfone groups is 1. The van der Waals surface area contributed by atoms with Crippen LogP contribution in [0.5, 0.6) is 0 Å². The number of aliphatic imine (C=N–C) groups is 1. The molecule has 0 aromatic heterocycles. The van der Waals surface area contributed by atoms with Gasteiger partial charge < -0.3 is 10.2 Å². The van der Waals surface area contributed by atoms with Crippen LogP contribution in [0.25, 0.3) is 0 Å². The van der Waals surface area contributed by atoms with E-state index >= 15 is 0 Å². The molecule has 1 aromatic rings. The van der Waals surface area contributed by atoms with Gasteiger partial charge in [0.2, 0.25) is 0 Å². The van der Waals surface area contributed by atoms with E-state index in [0.29, 0.717) is 11.7 Å². The Balaban J connectivity index is 1.96. The molecule has 0 aliphatic carbocycles. The fraction of sp³-hybridized carbons (Fsp3) is 0.353. The second kappa shape index (κ2) is 7.51. The summed E-state index contributed by atoms with van der Waals surface area (Å²) in [6, 6.07) is 11.1. The first-order chi connectivity index (χ1) is 12.4. The van der Waals surface area contributed by atoms with Crippen LogP contribution in [0.3, 0.4) is 0 Å². The third kappa shape index (κ3) is 3.76. The number of carbonyl (C=O) groups is 1. The van der Waals surface area contributed by atoms with Gasteiger partial charge in [0, 0.05) is 17.5 Å². The van der Waals surface area contributed by atoms with Gasteiger partial charge in [-0.05, 0) is 19.1 Å². The topological polar surface area (TPSA) is 103 Å². The molecule has 136 valence electrons. The maximum Gasteiger partial charge on any atom is 0.263 e. The van der Waals surface area contributed by atoms with Gasteiger partial charge in [-0.2, -0.15) is 5.26 Å². The van der Waals surface area contributed by atoms with E-state index in [9.17, 15) is 13.2 Å². The maximum absolute atomic E-state index is 12.0. The number of para-hydroxylation sites is 1. The lowest BCUT2D eigenvalue weighted by Gasteiger charge is -2.24. The monoisotopic (exact) mass is 390 g/mol. The molecule has 2 atom stereocenters. The third-order valence-corrected chi connectivity index (χ3v) is 7.33. The van der Waals surface area contributed by atoms with E-state index in [4.69, 9.17) is 5.26 Å². The van der Waals surface area contributed by atoms with Crippen LogP contribution in [0.15, 0.2) is 47.1 Å². The Kier molecular flexibility index (Phi) is 5.34. The minimum atomic E-state index is -3.08. The Labute approximate surface area is 156 Å². The highest BCUT2D eigenvalue weighted by Crippen LogP contribution is 2.40. The van der Waals surface area contributed by atoms with E-state index in [0.717, 1.165) is 5.69 Å². The lowest BCUT2D eigenvalue weighted by molar-refractivity contribution is -0.117. The van der Waals surface area contributed by atoms with E-state index in [2.05, 4.69) is 10.3 Å². The van der Waals surface area contributed by atoms with Crippen molar-refractivity contribution in [2.45, 2.75) is 18.2 Å². The quantitative estimate of drug-likeness (QED) is 0.614. The first kappa shape index (κ1) is 18.5. The van der Waals surface area contributed by atoms with Crippen LogP contribution in [-0.2, 0) is 14.6 Å². The number of carbonyl (C=O) groups excluding carboxylic acids is 1. The van der Waals surface area contributed by atoms with Crippen molar-refractivity contribution in [1.82, 2.24) is 5.32 Å². The number of fused-ring (bicyclic) bond motifs is 1. The molecule has 1 N–H and O–H groups in total. The number of nitrogens with zero attached hydrogens (tertiary/aromatic N) is 3. The fourth-order valence-corrected chi connectivity index (χ4v) is 6.87. The van der Waals surface area contributed by atoms with Gasteiger partial charge in [0.05, 0.1) is 23.7 Å². The SMILES string of the molecule is CCNC(=O)/C(C#N)=C/N=C1S[C@@H]2CS(=O)(=O)C[C@@H]2N1c1ccccc1. The molecule has 3 rings (SSSR count). The van der Waals surface area contributed by atoms with E-state index in [1.54, 1.807) is 6.92 Å². The highest BCUT2D eigenvalue weighted by Gasteiger charge is 2.49. The van der Waals surface area contributed by atoms with Crippen molar-refractivity contribution < 1.29 is 13.2 Å². The van der Waals surface area contributed by atoms with E-state index in [1.165, 1.54) is 18.0 Å². The smallest absolute Gasteiger partial charge is 0.263 e. The summed E-state index contributed by atoms with van der Waals surface area (Å²) in [4.78, 5) is 18.1. The number of anilines is 1. The van der Waals surface area contributed by atoms with Crippen LogP contribution in [0, 0.1) is 11.3 Å². The first-order valence-electron chi connectivity index (χ1n) is 8.13. The number of hydrogen-bond acceptors (Lipinski definition) is 6. The first-order valence-corrected chi connectivity index (χ1v) is 10.8. The molecule has 2 aliphatic rings. The predicted molar refractivity (Wildman–Crippen MR) is 103 cm³/mol. The minimum absolute atomic E-state index is 0.0731. The summed E-state index contributed by atoms with van der Waals surface area (Å²) in [5.74, 6) is -0.295. The van der Waals surface area contributed by atoms with Gasteiger partial charge in [-0.25, -0.2) is 13.4 Å². The maximum atomic E-state index is 12.0. The lowest BCUT2D eigenvalue weighted by atomic mass is 10.2. The van der Waals surface area contributed by atoms with Crippen molar-refractivity contribution in [3.05, 3.63) is 42.1 Å². The van der Waals surface area contributed by atoms with Crippen LogP contribution >= 0.6 is 11.8 Å². The lowest BCUT2D eigenvalue weighted by Crippen LogP contribution is -2.37. The van der Waals surface area contributed by atoms with Crippen molar-refractivity contribution in [3.8, 4) is 6.07 Å². The van der Waals surface area contributed by atoms with Crippen molar-refractivity contribution in [3.63, 3.8) is 0 Å². The van der Waals surface area contributed by atoms with Gasteiger partial charge in [0.15, 0.2) is 15.0 Å². The average molecular weight is 390 g/mol. The minimum Gasteiger partial charge on any atom is -0.352 e. The molecule has 26 heavy (non-hydrogen) atoms. The Bertz CT molecular complexity index is 904. The van der Waals surface area contributed by atoms with Gasteiger partial charge in [0.25, 0.3) is 5.91 Å². The van der Waals surface area contributed by atoms with Crippen molar-refractivity contribution in [2.75, 3.05) is 23.0 Å². The van der Waals surface area contributed by atoms with Gasteiger partial charge in [0.1, 0.15) is 11.6 Å². The van der Waals surface area contributed by atoms with Gasteiger partial charge in [-0.1, -0.05) is 30.0 Å². The zero-order valence-corrected chi connectivity index (χ0v) is 15.8. The molecule has 9 heteroatoms. The molecule has 1 aromatic carbocycles. The zero-order chi connectivity index (χ0) is 18.7. The van der Waals surface area contributed by atoms with Gasteiger partial charge in [-0.15, -0.1) is 0 Å². The van der Waals surface area contributed by atoms with Crippen LogP contribution in [-0.4, -0.2) is 48.8 Å². The molecule has 2 heterocycles. The summed E-state index contributed by atoms with van der Waals surface area (Å²) < 4.78 is 24.0. The summed E-state index contributed by atoms with van der Waals surface area (Å²) in [5, 5.41) is 12.2. The molecule has 0 unspecified atom stereocenters. The molecule has 0 saturated carbocycles. The number of thioether (sulfide) groups is 1. The largest absolute Gasteiger partial charge is 0.352 e. The molecule has 7 nitrogen and oxygen atoms in total. The molecule has 0 radical (unpaired) electrons. The van der Waals surface area contributed by atoms with Crippen LogP contribution in [0.4, 0.5) is 5.69 Å². The summed E-state index contributed by atoms with van der Waals surface area (Å²) in [6.07, 6.45) is 1.25. The Morgan fingerprint density at radius 1 is 1.42 bits per heavy atom. The van der Waals surface area contributed by atoms with Crippen LogP contribution in [0.2, 0.25) is 0 Å².